The minimum Gasteiger partial charge on any atom is -0.497 e. The molecule has 1 amide bonds. The summed E-state index contributed by atoms with van der Waals surface area (Å²) in [7, 11) is 3.02. The molecule has 0 aliphatic carbocycles. The predicted molar refractivity (Wildman–Crippen MR) is 112 cm³/mol. The summed E-state index contributed by atoms with van der Waals surface area (Å²) in [5, 5.41) is 13.6. The Bertz CT molecular complexity index is 1030. The normalized spacial score (nSPS) is 11.7. The van der Waals surface area contributed by atoms with E-state index in [1.54, 1.807) is 25.3 Å². The quantitative estimate of drug-likeness (QED) is 0.563. The van der Waals surface area contributed by atoms with E-state index in [1.165, 1.54) is 7.11 Å². The van der Waals surface area contributed by atoms with Gasteiger partial charge in [-0.1, -0.05) is 36.4 Å². The lowest BCUT2D eigenvalue weighted by Gasteiger charge is -2.17. The fraction of sp³-hybridized carbons (Fsp3) is 0.217. The maximum absolute atomic E-state index is 12.8. The van der Waals surface area contributed by atoms with Crippen LogP contribution in [0.2, 0.25) is 0 Å². The molecule has 0 radical (unpaired) electrons. The van der Waals surface area contributed by atoms with Crippen molar-refractivity contribution in [2.45, 2.75) is 12.6 Å². The molecule has 0 bridgehead atoms. The van der Waals surface area contributed by atoms with Crippen molar-refractivity contribution in [1.29, 1.82) is 0 Å². The molecular weight excluding hydrogens is 386 g/mol. The first kappa shape index (κ1) is 21.1. The van der Waals surface area contributed by atoms with Gasteiger partial charge in [0.25, 0.3) is 5.91 Å². The Morgan fingerprint density at radius 1 is 0.967 bits per heavy atom. The Morgan fingerprint density at radius 2 is 1.73 bits per heavy atom. The summed E-state index contributed by atoms with van der Waals surface area (Å²) in [4.78, 5) is 24.4. The highest BCUT2D eigenvalue weighted by Gasteiger charge is 2.23. The predicted octanol–water partition coefficient (Wildman–Crippen LogP) is 3.26. The van der Waals surface area contributed by atoms with E-state index in [4.69, 9.17) is 14.2 Å². The number of carboxylic acids is 1. The van der Waals surface area contributed by atoms with Gasteiger partial charge in [0, 0.05) is 0 Å². The molecular formula is C23H23NO6. The minimum atomic E-state index is -1.20. The summed E-state index contributed by atoms with van der Waals surface area (Å²) in [6, 6.07) is 17.0. The second kappa shape index (κ2) is 9.76. The van der Waals surface area contributed by atoms with Crippen LogP contribution in [0.3, 0.4) is 0 Å². The van der Waals surface area contributed by atoms with Crippen molar-refractivity contribution < 1.29 is 28.9 Å². The van der Waals surface area contributed by atoms with Gasteiger partial charge in [0.05, 0.1) is 33.0 Å². The van der Waals surface area contributed by atoms with E-state index in [0.717, 1.165) is 16.3 Å². The summed E-state index contributed by atoms with van der Waals surface area (Å²) in [5.41, 5.74) is 1.14. The van der Waals surface area contributed by atoms with Crippen molar-refractivity contribution in [3.63, 3.8) is 0 Å². The highest BCUT2D eigenvalue weighted by molar-refractivity contribution is 6.03. The smallest absolute Gasteiger partial charge is 0.328 e. The Morgan fingerprint density at radius 3 is 2.40 bits per heavy atom. The number of aliphatic carboxylic acids is 1. The zero-order valence-electron chi connectivity index (χ0n) is 16.8. The Balaban J connectivity index is 1.75. The third kappa shape index (κ3) is 5.07. The molecule has 7 nitrogen and oxygen atoms in total. The van der Waals surface area contributed by atoms with E-state index in [1.807, 2.05) is 42.5 Å². The van der Waals surface area contributed by atoms with Crippen LogP contribution in [-0.2, 0) is 16.1 Å². The summed E-state index contributed by atoms with van der Waals surface area (Å²) in [6.07, 6.45) is 0. The molecule has 7 heteroatoms. The molecule has 30 heavy (non-hydrogen) atoms. The molecule has 0 aliphatic heterocycles. The average Bonchev–Trinajstić information content (AvgIpc) is 2.77. The SMILES string of the molecule is COc1ccc2cc(OC)c(C(=O)NC(COCc3ccccc3)C(=O)O)cc2c1. The third-order valence-electron chi connectivity index (χ3n) is 4.61. The Kier molecular flexibility index (Phi) is 6.87. The molecule has 0 fully saturated rings. The summed E-state index contributed by atoms with van der Waals surface area (Å²) < 4.78 is 16.1. The topological polar surface area (TPSA) is 94.1 Å². The highest BCUT2D eigenvalue weighted by Crippen LogP contribution is 2.28. The van der Waals surface area contributed by atoms with Crippen molar-refractivity contribution >= 4 is 22.6 Å². The molecule has 0 heterocycles. The van der Waals surface area contributed by atoms with Gasteiger partial charge < -0.3 is 24.6 Å². The van der Waals surface area contributed by atoms with Crippen molar-refractivity contribution in [3.05, 3.63) is 71.8 Å². The van der Waals surface area contributed by atoms with Gasteiger partial charge in [-0.2, -0.15) is 0 Å². The molecule has 1 unspecified atom stereocenters. The monoisotopic (exact) mass is 409 g/mol. The number of hydrogen-bond donors (Lipinski definition) is 2. The Labute approximate surface area is 174 Å². The lowest BCUT2D eigenvalue weighted by atomic mass is 10.0. The standard InChI is InChI=1S/C23H23NO6/c1-28-18-9-8-16-12-21(29-2)19(11-17(16)10-18)22(25)24-20(23(26)27)14-30-13-15-6-4-3-5-7-15/h3-12,20H,13-14H2,1-2H3,(H,24,25)(H,26,27). The van der Waals surface area contributed by atoms with Gasteiger partial charge in [-0.15, -0.1) is 0 Å². The molecule has 3 aromatic carbocycles. The molecule has 3 rings (SSSR count). The molecule has 2 N–H and O–H groups in total. The average molecular weight is 409 g/mol. The first-order valence-electron chi connectivity index (χ1n) is 9.33. The number of amides is 1. The van der Waals surface area contributed by atoms with Crippen LogP contribution < -0.4 is 14.8 Å². The maximum Gasteiger partial charge on any atom is 0.328 e. The van der Waals surface area contributed by atoms with Crippen LogP contribution in [0.15, 0.2) is 60.7 Å². The van der Waals surface area contributed by atoms with Gasteiger partial charge in [0.1, 0.15) is 11.5 Å². The van der Waals surface area contributed by atoms with Crippen molar-refractivity contribution in [2.24, 2.45) is 0 Å². The van der Waals surface area contributed by atoms with Crippen LogP contribution in [-0.4, -0.2) is 43.9 Å². The zero-order chi connectivity index (χ0) is 21.5. The number of carboxylic acid groups (broad SMARTS) is 1. The van der Waals surface area contributed by atoms with Gasteiger partial charge in [0.2, 0.25) is 0 Å². The molecule has 0 spiro atoms. The first-order valence-corrected chi connectivity index (χ1v) is 9.33. The van der Waals surface area contributed by atoms with Crippen LogP contribution in [0.5, 0.6) is 11.5 Å². The maximum atomic E-state index is 12.8. The number of methoxy groups -OCH3 is 2. The number of rotatable bonds is 9. The van der Waals surface area contributed by atoms with E-state index >= 15 is 0 Å². The van der Waals surface area contributed by atoms with Crippen LogP contribution in [0.1, 0.15) is 15.9 Å². The molecule has 0 aromatic heterocycles. The second-order valence-corrected chi connectivity index (χ2v) is 6.63. The van der Waals surface area contributed by atoms with Crippen LogP contribution in [0, 0.1) is 0 Å². The second-order valence-electron chi connectivity index (χ2n) is 6.63. The van der Waals surface area contributed by atoms with Crippen molar-refractivity contribution in [1.82, 2.24) is 5.32 Å². The van der Waals surface area contributed by atoms with E-state index in [0.29, 0.717) is 11.5 Å². The van der Waals surface area contributed by atoms with Crippen LogP contribution in [0.4, 0.5) is 0 Å². The van der Waals surface area contributed by atoms with E-state index in [2.05, 4.69) is 5.32 Å². The lowest BCUT2D eigenvalue weighted by molar-refractivity contribution is -0.141. The number of carbonyl (C=O) groups is 2. The minimum absolute atomic E-state index is 0.167. The summed E-state index contributed by atoms with van der Waals surface area (Å²) >= 11 is 0. The lowest BCUT2D eigenvalue weighted by Crippen LogP contribution is -2.44. The molecule has 1 atom stereocenters. The van der Waals surface area contributed by atoms with Crippen LogP contribution >= 0.6 is 0 Å². The first-order chi connectivity index (χ1) is 14.5. The third-order valence-corrected chi connectivity index (χ3v) is 4.61. The number of fused-ring (bicyclic) bond motifs is 1. The van der Waals surface area contributed by atoms with Gasteiger partial charge in [0.15, 0.2) is 6.04 Å². The molecule has 0 saturated carbocycles. The van der Waals surface area contributed by atoms with Gasteiger partial charge in [-0.3, -0.25) is 4.79 Å². The molecule has 3 aromatic rings. The van der Waals surface area contributed by atoms with Crippen LogP contribution in [0.25, 0.3) is 10.8 Å². The van der Waals surface area contributed by atoms with E-state index in [9.17, 15) is 14.7 Å². The molecule has 0 saturated heterocycles. The fourth-order valence-corrected chi connectivity index (χ4v) is 3.01. The fourth-order valence-electron chi connectivity index (χ4n) is 3.01. The largest absolute Gasteiger partial charge is 0.497 e. The van der Waals surface area contributed by atoms with Gasteiger partial charge in [-0.25, -0.2) is 4.79 Å². The summed E-state index contributed by atoms with van der Waals surface area (Å²) in [6.45, 7) is 0.0826. The van der Waals surface area contributed by atoms with Crippen molar-refractivity contribution in [2.75, 3.05) is 20.8 Å². The molecule has 0 aliphatic rings. The number of hydrogen-bond acceptors (Lipinski definition) is 5. The molecule has 156 valence electrons. The van der Waals surface area contributed by atoms with Gasteiger partial charge >= 0.3 is 5.97 Å². The van der Waals surface area contributed by atoms with E-state index in [-0.39, 0.29) is 18.8 Å². The Hall–Kier alpha value is -3.58. The zero-order valence-corrected chi connectivity index (χ0v) is 16.8. The number of benzene rings is 3. The number of nitrogens with one attached hydrogen (secondary N) is 1. The highest BCUT2D eigenvalue weighted by atomic mass is 16.5. The van der Waals surface area contributed by atoms with Crippen molar-refractivity contribution in [3.8, 4) is 11.5 Å². The number of ether oxygens (including phenoxy) is 3. The van der Waals surface area contributed by atoms with E-state index < -0.39 is 17.9 Å². The number of carbonyl (C=O) groups excluding carboxylic acids is 1. The summed E-state index contributed by atoms with van der Waals surface area (Å²) in [5.74, 6) is -0.749. The van der Waals surface area contributed by atoms with Gasteiger partial charge in [-0.05, 0) is 40.6 Å².